The molecule has 1 aromatic rings. The van der Waals surface area contributed by atoms with Gasteiger partial charge in [-0.3, -0.25) is 9.58 Å². The molecule has 7 heteroatoms. The van der Waals surface area contributed by atoms with E-state index in [0.29, 0.717) is 17.9 Å². The standard InChI is InChI=1S/C23H43N5O2/c1-6-19(7-2)21(27-8-12-29-13-9-27)17-24-16-20-22(18(3)4)25-26(5)23(20)28-10-14-30-15-11-28/h18-19,21,24H,6-17H2,1-5H3. The molecule has 3 heterocycles. The molecule has 0 aliphatic carbocycles. The Kier molecular flexibility index (Phi) is 8.98. The van der Waals surface area contributed by atoms with E-state index in [1.807, 2.05) is 0 Å². The number of hydrogen-bond acceptors (Lipinski definition) is 6. The van der Waals surface area contributed by atoms with Crippen molar-refractivity contribution >= 4 is 5.82 Å². The Bertz CT molecular complexity index is 632. The summed E-state index contributed by atoms with van der Waals surface area (Å²) in [6, 6.07) is 0.565. The lowest BCUT2D eigenvalue weighted by molar-refractivity contribution is 0.00161. The quantitative estimate of drug-likeness (QED) is 0.627. The smallest absolute Gasteiger partial charge is 0.131 e. The average Bonchev–Trinajstić information content (AvgIpc) is 3.11. The first-order chi connectivity index (χ1) is 14.6. The number of aryl methyl sites for hydroxylation is 1. The van der Waals surface area contributed by atoms with Crippen molar-refractivity contribution in [2.24, 2.45) is 13.0 Å². The minimum absolute atomic E-state index is 0.414. The average molecular weight is 422 g/mol. The maximum atomic E-state index is 5.61. The Labute approximate surface area is 183 Å². The molecule has 0 bridgehead atoms. The molecule has 30 heavy (non-hydrogen) atoms. The molecule has 1 unspecified atom stereocenters. The van der Waals surface area contributed by atoms with Gasteiger partial charge in [0.15, 0.2) is 0 Å². The summed E-state index contributed by atoms with van der Waals surface area (Å²) in [7, 11) is 2.08. The van der Waals surface area contributed by atoms with Crippen LogP contribution in [0.2, 0.25) is 0 Å². The van der Waals surface area contributed by atoms with Crippen LogP contribution in [-0.4, -0.2) is 79.9 Å². The van der Waals surface area contributed by atoms with Crippen molar-refractivity contribution in [1.29, 1.82) is 0 Å². The summed E-state index contributed by atoms with van der Waals surface area (Å²) < 4.78 is 13.3. The Morgan fingerprint density at radius 2 is 1.57 bits per heavy atom. The van der Waals surface area contributed by atoms with Gasteiger partial charge in [-0.1, -0.05) is 40.5 Å². The topological polar surface area (TPSA) is 54.8 Å². The fourth-order valence-corrected chi connectivity index (χ4v) is 5.06. The first-order valence-electron chi connectivity index (χ1n) is 12.0. The van der Waals surface area contributed by atoms with Gasteiger partial charge in [0, 0.05) is 57.9 Å². The van der Waals surface area contributed by atoms with E-state index in [0.717, 1.165) is 65.7 Å². The number of anilines is 1. The molecular weight excluding hydrogens is 378 g/mol. The Morgan fingerprint density at radius 1 is 0.967 bits per heavy atom. The molecule has 0 radical (unpaired) electrons. The lowest BCUT2D eigenvalue weighted by atomic mass is 9.92. The van der Waals surface area contributed by atoms with E-state index in [-0.39, 0.29) is 0 Å². The van der Waals surface area contributed by atoms with Crippen molar-refractivity contribution in [3.63, 3.8) is 0 Å². The number of aromatic nitrogens is 2. The van der Waals surface area contributed by atoms with E-state index in [1.165, 1.54) is 29.9 Å². The number of rotatable bonds is 10. The van der Waals surface area contributed by atoms with Crippen molar-refractivity contribution < 1.29 is 9.47 Å². The number of ether oxygens (including phenoxy) is 2. The van der Waals surface area contributed by atoms with Crippen molar-refractivity contribution in [2.45, 2.75) is 59.0 Å². The minimum Gasteiger partial charge on any atom is -0.379 e. The molecule has 0 saturated carbocycles. The highest BCUT2D eigenvalue weighted by Crippen LogP contribution is 2.29. The molecule has 1 atom stereocenters. The molecule has 0 spiro atoms. The third-order valence-corrected chi connectivity index (χ3v) is 6.76. The third kappa shape index (κ3) is 5.55. The zero-order chi connectivity index (χ0) is 21.5. The van der Waals surface area contributed by atoms with Gasteiger partial charge >= 0.3 is 0 Å². The van der Waals surface area contributed by atoms with Gasteiger partial charge in [-0.25, -0.2) is 0 Å². The second-order valence-electron chi connectivity index (χ2n) is 8.99. The van der Waals surface area contributed by atoms with Gasteiger partial charge < -0.3 is 19.7 Å². The number of hydrogen-bond donors (Lipinski definition) is 1. The van der Waals surface area contributed by atoms with Crippen molar-refractivity contribution in [1.82, 2.24) is 20.0 Å². The molecule has 0 amide bonds. The normalized spacial score (nSPS) is 19.8. The van der Waals surface area contributed by atoms with Crippen molar-refractivity contribution in [3.05, 3.63) is 11.3 Å². The third-order valence-electron chi connectivity index (χ3n) is 6.76. The maximum absolute atomic E-state index is 5.61. The SMILES string of the molecule is CCC(CC)C(CNCc1c(C(C)C)nn(C)c1N1CCOCC1)N1CCOCC1. The minimum atomic E-state index is 0.414. The van der Waals surface area contributed by atoms with Gasteiger partial charge in [-0.2, -0.15) is 5.10 Å². The summed E-state index contributed by atoms with van der Waals surface area (Å²) in [6.45, 7) is 18.3. The Morgan fingerprint density at radius 3 is 2.13 bits per heavy atom. The predicted octanol–water partition coefficient (Wildman–Crippen LogP) is 2.61. The first kappa shape index (κ1) is 23.5. The summed E-state index contributed by atoms with van der Waals surface area (Å²) in [5, 5.41) is 8.75. The number of nitrogens with one attached hydrogen (secondary N) is 1. The van der Waals surface area contributed by atoms with Gasteiger partial charge in [-0.15, -0.1) is 0 Å². The summed E-state index contributed by atoms with van der Waals surface area (Å²) in [4.78, 5) is 5.09. The molecule has 2 saturated heterocycles. The van der Waals surface area contributed by atoms with E-state index in [1.54, 1.807) is 0 Å². The van der Waals surface area contributed by atoms with E-state index >= 15 is 0 Å². The van der Waals surface area contributed by atoms with Gasteiger partial charge in [0.1, 0.15) is 5.82 Å². The fourth-order valence-electron chi connectivity index (χ4n) is 5.06. The predicted molar refractivity (Wildman–Crippen MR) is 122 cm³/mol. The van der Waals surface area contributed by atoms with E-state index < -0.39 is 0 Å². The number of nitrogens with zero attached hydrogens (tertiary/aromatic N) is 4. The lowest BCUT2D eigenvalue weighted by Gasteiger charge is -2.39. The molecule has 2 aliphatic rings. The second kappa shape index (κ2) is 11.5. The molecule has 1 aromatic heterocycles. The van der Waals surface area contributed by atoms with Crippen LogP contribution in [0.15, 0.2) is 0 Å². The highest BCUT2D eigenvalue weighted by atomic mass is 16.5. The fraction of sp³-hybridized carbons (Fsp3) is 0.870. The van der Waals surface area contributed by atoms with Crippen LogP contribution in [0.4, 0.5) is 5.82 Å². The van der Waals surface area contributed by atoms with Crippen molar-refractivity contribution in [2.75, 3.05) is 64.1 Å². The Hall–Kier alpha value is -1.15. The van der Waals surface area contributed by atoms with Crippen LogP contribution in [0.3, 0.4) is 0 Å². The zero-order valence-corrected chi connectivity index (χ0v) is 19.8. The highest BCUT2D eigenvalue weighted by molar-refractivity contribution is 5.51. The molecule has 3 rings (SSSR count). The highest BCUT2D eigenvalue weighted by Gasteiger charge is 2.28. The summed E-state index contributed by atoms with van der Waals surface area (Å²) in [5.41, 5.74) is 2.58. The molecule has 1 N–H and O–H groups in total. The summed E-state index contributed by atoms with van der Waals surface area (Å²) in [6.07, 6.45) is 2.45. The van der Waals surface area contributed by atoms with E-state index in [4.69, 9.17) is 14.6 Å². The number of morpholine rings is 2. The van der Waals surface area contributed by atoms with Crippen LogP contribution < -0.4 is 10.2 Å². The molecule has 0 aromatic carbocycles. The zero-order valence-electron chi connectivity index (χ0n) is 19.8. The Balaban J connectivity index is 1.74. The van der Waals surface area contributed by atoms with Crippen LogP contribution in [0.25, 0.3) is 0 Å². The monoisotopic (exact) mass is 421 g/mol. The summed E-state index contributed by atoms with van der Waals surface area (Å²) >= 11 is 0. The van der Waals surface area contributed by atoms with E-state index in [2.05, 4.69) is 54.5 Å². The van der Waals surface area contributed by atoms with Gasteiger partial charge in [-0.05, 0) is 11.8 Å². The lowest BCUT2D eigenvalue weighted by Crippen LogP contribution is -2.51. The van der Waals surface area contributed by atoms with Crippen LogP contribution >= 0.6 is 0 Å². The molecule has 172 valence electrons. The molecule has 2 aliphatic heterocycles. The van der Waals surface area contributed by atoms with Gasteiger partial charge in [0.05, 0.1) is 32.1 Å². The van der Waals surface area contributed by atoms with E-state index in [9.17, 15) is 0 Å². The van der Waals surface area contributed by atoms with Crippen LogP contribution in [0.5, 0.6) is 0 Å². The second-order valence-corrected chi connectivity index (χ2v) is 8.99. The maximum Gasteiger partial charge on any atom is 0.131 e. The van der Waals surface area contributed by atoms with Crippen LogP contribution in [0, 0.1) is 5.92 Å². The molecule has 7 nitrogen and oxygen atoms in total. The van der Waals surface area contributed by atoms with Gasteiger partial charge in [0.2, 0.25) is 0 Å². The molecular formula is C23H43N5O2. The molecule has 2 fully saturated rings. The van der Waals surface area contributed by atoms with Gasteiger partial charge in [0.25, 0.3) is 0 Å². The van der Waals surface area contributed by atoms with Crippen LogP contribution in [-0.2, 0) is 23.1 Å². The van der Waals surface area contributed by atoms with Crippen LogP contribution in [0.1, 0.15) is 57.7 Å². The largest absolute Gasteiger partial charge is 0.379 e. The first-order valence-corrected chi connectivity index (χ1v) is 12.0. The summed E-state index contributed by atoms with van der Waals surface area (Å²) in [5.74, 6) is 2.39. The van der Waals surface area contributed by atoms with Crippen molar-refractivity contribution in [3.8, 4) is 0 Å².